The van der Waals surface area contributed by atoms with Gasteiger partial charge < -0.3 is 15.2 Å². The summed E-state index contributed by atoms with van der Waals surface area (Å²) >= 11 is 0. The predicted molar refractivity (Wildman–Crippen MR) is 88.5 cm³/mol. The fourth-order valence-corrected chi connectivity index (χ4v) is 3.01. The van der Waals surface area contributed by atoms with Crippen molar-refractivity contribution in [3.8, 4) is 0 Å². The van der Waals surface area contributed by atoms with E-state index in [1.807, 2.05) is 0 Å². The zero-order valence-corrected chi connectivity index (χ0v) is 14.0. The summed E-state index contributed by atoms with van der Waals surface area (Å²) < 4.78 is 39.8. The van der Waals surface area contributed by atoms with Crippen LogP contribution < -0.4 is 10.9 Å². The second kappa shape index (κ2) is 7.19. The number of anilines is 1. The van der Waals surface area contributed by atoms with Crippen molar-refractivity contribution in [2.24, 2.45) is 0 Å². The van der Waals surface area contributed by atoms with E-state index >= 15 is 0 Å². The molecule has 26 heavy (non-hydrogen) atoms. The van der Waals surface area contributed by atoms with Crippen molar-refractivity contribution in [2.75, 3.05) is 18.4 Å². The number of rotatable bonds is 2. The molecule has 138 valence electrons. The second-order valence-electron chi connectivity index (χ2n) is 6.17. The van der Waals surface area contributed by atoms with Crippen LogP contribution in [0.25, 0.3) is 0 Å². The lowest BCUT2D eigenvalue weighted by atomic mass is 9.93. The Kier molecular flexibility index (Phi) is 4.97. The van der Waals surface area contributed by atoms with Crippen LogP contribution in [-0.4, -0.2) is 34.0 Å². The third-order valence-electron chi connectivity index (χ3n) is 4.36. The highest BCUT2D eigenvalue weighted by molar-refractivity contribution is 5.89. The summed E-state index contributed by atoms with van der Waals surface area (Å²) in [5, 5.41) is 2.26. The first-order valence-electron chi connectivity index (χ1n) is 8.12. The van der Waals surface area contributed by atoms with Gasteiger partial charge >= 0.3 is 6.03 Å². The molecule has 1 aliphatic rings. The molecule has 1 aromatic carbocycles. The summed E-state index contributed by atoms with van der Waals surface area (Å²) in [5.41, 5.74) is 0.0438. The van der Waals surface area contributed by atoms with Gasteiger partial charge in [-0.2, -0.15) is 0 Å². The quantitative estimate of drug-likeness (QED) is 0.803. The molecule has 0 spiro atoms. The fourth-order valence-electron chi connectivity index (χ4n) is 3.01. The molecule has 0 bridgehead atoms. The number of urea groups is 1. The van der Waals surface area contributed by atoms with Gasteiger partial charge in [0, 0.05) is 25.1 Å². The van der Waals surface area contributed by atoms with Crippen LogP contribution in [0.15, 0.2) is 23.0 Å². The summed E-state index contributed by atoms with van der Waals surface area (Å²) in [4.78, 5) is 32.1. The van der Waals surface area contributed by atoms with Crippen molar-refractivity contribution in [3.63, 3.8) is 0 Å². The van der Waals surface area contributed by atoms with Crippen molar-refractivity contribution in [3.05, 3.63) is 57.5 Å². The van der Waals surface area contributed by atoms with Crippen molar-refractivity contribution in [1.29, 1.82) is 0 Å². The van der Waals surface area contributed by atoms with E-state index in [0.717, 1.165) is 12.1 Å². The lowest BCUT2D eigenvalue weighted by Gasteiger charge is -2.31. The molecular formula is C17H17F3N4O2. The molecule has 0 radical (unpaired) electrons. The number of H-pyrrole nitrogens is 1. The Balaban J connectivity index is 1.64. The van der Waals surface area contributed by atoms with Gasteiger partial charge in [-0.15, -0.1) is 0 Å². The van der Waals surface area contributed by atoms with E-state index in [4.69, 9.17) is 0 Å². The maximum atomic E-state index is 13.7. The van der Waals surface area contributed by atoms with Gasteiger partial charge in [0.25, 0.3) is 5.56 Å². The number of hydrogen-bond donors (Lipinski definition) is 2. The molecule has 2 amide bonds. The molecule has 6 nitrogen and oxygen atoms in total. The smallest absolute Gasteiger partial charge is 0.321 e. The van der Waals surface area contributed by atoms with Crippen molar-refractivity contribution < 1.29 is 18.0 Å². The van der Waals surface area contributed by atoms with Gasteiger partial charge in [0.2, 0.25) is 0 Å². The molecule has 1 aliphatic heterocycles. The van der Waals surface area contributed by atoms with Crippen molar-refractivity contribution >= 4 is 11.7 Å². The standard InChI is InChI=1S/C17H17F3N4O2/c1-9-21-13(8-14(25)22-9)10-4-6-24(7-5-10)17(26)23-12-3-2-11(18)15(19)16(12)20/h2-3,8,10H,4-7H2,1H3,(H,23,26)(H,21,22,25). The Morgan fingerprint density at radius 3 is 2.58 bits per heavy atom. The molecule has 2 N–H and O–H groups in total. The summed E-state index contributed by atoms with van der Waals surface area (Å²) in [7, 11) is 0. The maximum absolute atomic E-state index is 13.7. The maximum Gasteiger partial charge on any atom is 0.321 e. The van der Waals surface area contributed by atoms with Crippen LogP contribution in [0.3, 0.4) is 0 Å². The highest BCUT2D eigenvalue weighted by Crippen LogP contribution is 2.27. The number of benzene rings is 1. The normalized spacial score (nSPS) is 15.2. The van der Waals surface area contributed by atoms with E-state index in [9.17, 15) is 22.8 Å². The number of nitrogens with zero attached hydrogens (tertiary/aromatic N) is 2. The number of nitrogens with one attached hydrogen (secondary N) is 2. The van der Waals surface area contributed by atoms with Crippen LogP contribution in [0.4, 0.5) is 23.7 Å². The van der Waals surface area contributed by atoms with Crippen LogP contribution in [0.5, 0.6) is 0 Å². The number of carbonyl (C=O) groups excluding carboxylic acids is 1. The minimum absolute atomic E-state index is 0.0417. The van der Waals surface area contributed by atoms with Gasteiger partial charge in [0.05, 0.1) is 11.4 Å². The second-order valence-corrected chi connectivity index (χ2v) is 6.17. The number of hydrogen-bond acceptors (Lipinski definition) is 3. The van der Waals surface area contributed by atoms with E-state index in [-0.39, 0.29) is 11.5 Å². The van der Waals surface area contributed by atoms with E-state index in [2.05, 4.69) is 15.3 Å². The Hall–Kier alpha value is -2.84. The molecular weight excluding hydrogens is 349 g/mol. The van der Waals surface area contributed by atoms with Gasteiger partial charge in [-0.1, -0.05) is 0 Å². The molecule has 1 fully saturated rings. The van der Waals surface area contributed by atoms with E-state index in [1.54, 1.807) is 6.92 Å². The minimum atomic E-state index is -1.63. The van der Waals surface area contributed by atoms with Crippen LogP contribution in [0, 0.1) is 24.4 Å². The Labute approximate surface area is 147 Å². The number of aromatic amines is 1. The van der Waals surface area contributed by atoms with Gasteiger partial charge in [-0.05, 0) is 31.9 Å². The number of aromatic nitrogens is 2. The van der Waals surface area contributed by atoms with Crippen LogP contribution in [-0.2, 0) is 0 Å². The summed E-state index contributed by atoms with van der Waals surface area (Å²) in [6, 6.07) is 2.58. The molecule has 1 saturated heterocycles. The first kappa shape index (κ1) is 18.0. The predicted octanol–water partition coefficient (Wildman–Crippen LogP) is 2.91. The zero-order valence-electron chi connectivity index (χ0n) is 14.0. The lowest BCUT2D eigenvalue weighted by molar-refractivity contribution is 0.194. The van der Waals surface area contributed by atoms with Gasteiger partial charge in [0.1, 0.15) is 5.82 Å². The monoisotopic (exact) mass is 366 g/mol. The first-order chi connectivity index (χ1) is 12.3. The minimum Gasteiger partial charge on any atom is -0.324 e. The molecule has 2 heterocycles. The molecule has 0 unspecified atom stereocenters. The van der Waals surface area contributed by atoms with Crippen LogP contribution >= 0.6 is 0 Å². The first-order valence-corrected chi connectivity index (χ1v) is 8.12. The van der Waals surface area contributed by atoms with Gasteiger partial charge in [-0.3, -0.25) is 4.79 Å². The van der Waals surface area contributed by atoms with Crippen molar-refractivity contribution in [1.82, 2.24) is 14.9 Å². The van der Waals surface area contributed by atoms with E-state index in [1.165, 1.54) is 11.0 Å². The number of aryl methyl sites for hydroxylation is 1. The largest absolute Gasteiger partial charge is 0.324 e. The van der Waals surface area contributed by atoms with Crippen LogP contribution in [0.1, 0.15) is 30.3 Å². The number of likely N-dealkylation sites (tertiary alicyclic amines) is 1. The zero-order chi connectivity index (χ0) is 18.8. The Bertz CT molecular complexity index is 892. The highest BCUT2D eigenvalue weighted by atomic mass is 19.2. The molecule has 1 aromatic heterocycles. The SMILES string of the molecule is Cc1nc(C2CCN(C(=O)Nc3ccc(F)c(F)c3F)CC2)cc(=O)[nH]1. The number of carbonyl (C=O) groups is 1. The highest BCUT2D eigenvalue weighted by Gasteiger charge is 2.26. The summed E-state index contributed by atoms with van der Waals surface area (Å²) in [6.07, 6.45) is 1.17. The summed E-state index contributed by atoms with van der Waals surface area (Å²) in [5.74, 6) is -3.81. The average Bonchev–Trinajstić information content (AvgIpc) is 2.61. The number of amides is 2. The van der Waals surface area contributed by atoms with Crippen molar-refractivity contribution in [2.45, 2.75) is 25.7 Å². The molecule has 0 saturated carbocycles. The van der Waals surface area contributed by atoms with E-state index in [0.29, 0.717) is 37.4 Å². The topological polar surface area (TPSA) is 78.1 Å². The fraction of sp³-hybridized carbons (Fsp3) is 0.353. The third kappa shape index (κ3) is 3.71. The van der Waals surface area contributed by atoms with E-state index < -0.39 is 29.2 Å². The molecule has 0 atom stereocenters. The molecule has 9 heteroatoms. The van der Waals surface area contributed by atoms with Gasteiger partial charge in [0.15, 0.2) is 17.5 Å². The number of piperidine rings is 1. The molecule has 3 rings (SSSR count). The molecule has 2 aromatic rings. The Morgan fingerprint density at radius 1 is 1.23 bits per heavy atom. The third-order valence-corrected chi connectivity index (χ3v) is 4.36. The Morgan fingerprint density at radius 2 is 1.92 bits per heavy atom. The average molecular weight is 366 g/mol. The lowest BCUT2D eigenvalue weighted by Crippen LogP contribution is -2.41. The van der Waals surface area contributed by atoms with Crippen LogP contribution in [0.2, 0.25) is 0 Å². The molecule has 0 aliphatic carbocycles. The summed E-state index contributed by atoms with van der Waals surface area (Å²) in [6.45, 7) is 2.44. The number of halogens is 3. The van der Waals surface area contributed by atoms with Gasteiger partial charge in [-0.25, -0.2) is 22.9 Å².